The molecule has 2 heterocycles. The molecule has 8 heteroatoms. The summed E-state index contributed by atoms with van der Waals surface area (Å²) in [4.78, 5) is 18.9. The molecule has 0 bridgehead atoms. The van der Waals surface area contributed by atoms with Crippen LogP contribution < -0.4 is 19.1 Å². The van der Waals surface area contributed by atoms with Crippen molar-refractivity contribution in [3.05, 3.63) is 48.3 Å². The van der Waals surface area contributed by atoms with Gasteiger partial charge in [-0.05, 0) is 43.3 Å². The van der Waals surface area contributed by atoms with Gasteiger partial charge in [0.2, 0.25) is 5.91 Å². The highest BCUT2D eigenvalue weighted by atomic mass is 16.5. The normalized spacial score (nSPS) is 16.0. The van der Waals surface area contributed by atoms with Crippen molar-refractivity contribution in [1.82, 2.24) is 10.1 Å². The molecule has 1 saturated heterocycles. The van der Waals surface area contributed by atoms with Crippen molar-refractivity contribution in [1.29, 1.82) is 0 Å². The lowest BCUT2D eigenvalue weighted by Gasteiger charge is -2.16. The maximum atomic E-state index is 12.6. The maximum Gasteiger partial charge on any atom is 0.258 e. The molecule has 30 heavy (non-hydrogen) atoms. The predicted octanol–water partition coefficient (Wildman–Crippen LogP) is 3.67. The van der Waals surface area contributed by atoms with E-state index in [1.807, 2.05) is 31.2 Å². The van der Waals surface area contributed by atoms with Crippen molar-refractivity contribution in [2.24, 2.45) is 0 Å². The van der Waals surface area contributed by atoms with E-state index in [1.165, 1.54) is 0 Å². The molecule has 0 saturated carbocycles. The predicted molar refractivity (Wildman–Crippen MR) is 110 cm³/mol. The van der Waals surface area contributed by atoms with E-state index in [-0.39, 0.29) is 11.8 Å². The first-order valence-electron chi connectivity index (χ1n) is 9.71. The smallest absolute Gasteiger partial charge is 0.258 e. The first kappa shape index (κ1) is 19.8. The van der Waals surface area contributed by atoms with Crippen LogP contribution in [0.3, 0.4) is 0 Å². The van der Waals surface area contributed by atoms with Crippen molar-refractivity contribution in [2.45, 2.75) is 19.3 Å². The average molecular weight is 409 g/mol. The largest absolute Gasteiger partial charge is 0.497 e. The second-order valence-electron chi connectivity index (χ2n) is 6.89. The lowest BCUT2D eigenvalue weighted by Crippen LogP contribution is -2.24. The van der Waals surface area contributed by atoms with Gasteiger partial charge in [0.1, 0.15) is 17.2 Å². The van der Waals surface area contributed by atoms with E-state index in [0.717, 1.165) is 11.4 Å². The number of ether oxygens (including phenoxy) is 3. The number of carbonyl (C=O) groups is 1. The first-order valence-corrected chi connectivity index (χ1v) is 9.71. The van der Waals surface area contributed by atoms with Crippen molar-refractivity contribution in [3.63, 3.8) is 0 Å². The van der Waals surface area contributed by atoms with E-state index in [2.05, 4.69) is 10.1 Å². The zero-order valence-corrected chi connectivity index (χ0v) is 17.1. The number of hydrogen-bond donors (Lipinski definition) is 0. The SMILES string of the molecule is CCOc1ccc(N2CC(c3noc(-c4cc(OC)cc(OC)c4)n3)CC2=O)cc1. The number of aromatic nitrogens is 2. The summed E-state index contributed by atoms with van der Waals surface area (Å²) in [5, 5.41) is 4.12. The second-order valence-corrected chi connectivity index (χ2v) is 6.89. The summed E-state index contributed by atoms with van der Waals surface area (Å²) < 4.78 is 21.5. The molecule has 2 aromatic carbocycles. The topological polar surface area (TPSA) is 86.9 Å². The Kier molecular flexibility index (Phi) is 5.56. The summed E-state index contributed by atoms with van der Waals surface area (Å²) in [6.07, 6.45) is 0.327. The quantitative estimate of drug-likeness (QED) is 0.588. The molecule has 1 atom stereocenters. The van der Waals surface area contributed by atoms with Crippen LogP contribution in [0.2, 0.25) is 0 Å². The van der Waals surface area contributed by atoms with Crippen molar-refractivity contribution in [2.75, 3.05) is 32.3 Å². The van der Waals surface area contributed by atoms with Crippen LogP contribution in [-0.2, 0) is 4.79 Å². The van der Waals surface area contributed by atoms with Gasteiger partial charge in [-0.15, -0.1) is 0 Å². The average Bonchev–Trinajstić information content (AvgIpc) is 3.41. The molecule has 1 aliphatic rings. The number of hydrogen-bond acceptors (Lipinski definition) is 7. The standard InChI is InChI=1S/C22H23N3O5/c1-4-29-17-7-5-16(6-8-17)25-13-15(11-20(25)26)21-23-22(30-24-21)14-9-18(27-2)12-19(10-14)28-3/h5-10,12,15H,4,11,13H2,1-3H3. The molecule has 0 N–H and O–H groups in total. The van der Waals surface area contributed by atoms with Crippen LogP contribution in [-0.4, -0.2) is 43.4 Å². The molecule has 1 aromatic heterocycles. The fourth-order valence-corrected chi connectivity index (χ4v) is 3.47. The fraction of sp³-hybridized carbons (Fsp3) is 0.318. The van der Waals surface area contributed by atoms with E-state index < -0.39 is 0 Å². The van der Waals surface area contributed by atoms with Crippen molar-refractivity contribution >= 4 is 11.6 Å². The summed E-state index contributed by atoms with van der Waals surface area (Å²) >= 11 is 0. The van der Waals surface area contributed by atoms with Gasteiger partial charge < -0.3 is 23.6 Å². The second kappa shape index (κ2) is 8.44. The van der Waals surface area contributed by atoms with Gasteiger partial charge in [-0.3, -0.25) is 4.79 Å². The summed E-state index contributed by atoms with van der Waals surface area (Å²) in [7, 11) is 3.16. The van der Waals surface area contributed by atoms with Gasteiger partial charge >= 0.3 is 0 Å². The van der Waals surface area contributed by atoms with Crippen LogP contribution in [0.25, 0.3) is 11.5 Å². The Morgan fingerprint density at radius 1 is 1.07 bits per heavy atom. The Labute approximate surface area is 174 Å². The Bertz CT molecular complexity index is 1010. The Hall–Kier alpha value is -3.55. The molecule has 156 valence electrons. The molecule has 1 amide bonds. The number of nitrogens with zero attached hydrogens (tertiary/aromatic N) is 3. The molecule has 4 rings (SSSR count). The number of amides is 1. The lowest BCUT2D eigenvalue weighted by molar-refractivity contribution is -0.117. The van der Waals surface area contributed by atoms with Gasteiger partial charge in [-0.25, -0.2) is 0 Å². The fourth-order valence-electron chi connectivity index (χ4n) is 3.47. The number of carbonyl (C=O) groups excluding carboxylic acids is 1. The third-order valence-corrected chi connectivity index (χ3v) is 4.99. The van der Waals surface area contributed by atoms with Gasteiger partial charge in [0.05, 0.1) is 20.8 Å². The molecule has 0 radical (unpaired) electrons. The van der Waals surface area contributed by atoms with Crippen LogP contribution >= 0.6 is 0 Å². The maximum absolute atomic E-state index is 12.6. The van der Waals surface area contributed by atoms with Crippen LogP contribution in [0.5, 0.6) is 17.2 Å². The highest BCUT2D eigenvalue weighted by Gasteiger charge is 2.34. The monoisotopic (exact) mass is 409 g/mol. The molecule has 1 fully saturated rings. The Morgan fingerprint density at radius 3 is 2.40 bits per heavy atom. The van der Waals surface area contributed by atoms with Crippen molar-refractivity contribution < 1.29 is 23.5 Å². The van der Waals surface area contributed by atoms with Crippen LogP contribution in [0.1, 0.15) is 25.1 Å². The molecule has 8 nitrogen and oxygen atoms in total. The number of rotatable bonds is 7. The summed E-state index contributed by atoms with van der Waals surface area (Å²) in [6.45, 7) is 3.03. The molecule has 1 unspecified atom stereocenters. The summed E-state index contributed by atoms with van der Waals surface area (Å²) in [5.74, 6) is 2.78. The molecular weight excluding hydrogens is 386 g/mol. The zero-order valence-electron chi connectivity index (χ0n) is 17.1. The lowest BCUT2D eigenvalue weighted by atomic mass is 10.1. The Balaban J connectivity index is 1.52. The molecular formula is C22H23N3O5. The summed E-state index contributed by atoms with van der Waals surface area (Å²) in [6, 6.07) is 12.9. The third-order valence-electron chi connectivity index (χ3n) is 4.99. The van der Waals surface area contributed by atoms with Crippen molar-refractivity contribution in [3.8, 4) is 28.7 Å². The minimum Gasteiger partial charge on any atom is -0.497 e. The van der Waals surface area contributed by atoms with E-state index in [9.17, 15) is 4.79 Å². The number of anilines is 1. The highest BCUT2D eigenvalue weighted by molar-refractivity contribution is 5.96. The summed E-state index contributed by atoms with van der Waals surface area (Å²) in [5.41, 5.74) is 1.52. The minimum atomic E-state index is -0.144. The van der Waals surface area contributed by atoms with E-state index in [0.29, 0.717) is 48.4 Å². The van der Waals surface area contributed by atoms with Gasteiger partial charge in [0.25, 0.3) is 5.89 Å². The number of benzene rings is 2. The van der Waals surface area contributed by atoms with Crippen LogP contribution in [0.15, 0.2) is 47.0 Å². The van der Waals surface area contributed by atoms with Crippen LogP contribution in [0, 0.1) is 0 Å². The van der Waals surface area contributed by atoms with E-state index in [1.54, 1.807) is 37.3 Å². The van der Waals surface area contributed by atoms with Gasteiger partial charge in [0, 0.05) is 36.2 Å². The minimum absolute atomic E-state index is 0.0264. The molecule has 0 spiro atoms. The third kappa shape index (κ3) is 3.94. The Morgan fingerprint density at radius 2 is 1.77 bits per heavy atom. The first-order chi connectivity index (χ1) is 14.6. The zero-order chi connectivity index (χ0) is 21.1. The van der Waals surface area contributed by atoms with Crippen LogP contribution in [0.4, 0.5) is 5.69 Å². The molecule has 1 aliphatic heterocycles. The molecule has 3 aromatic rings. The molecule has 0 aliphatic carbocycles. The van der Waals surface area contributed by atoms with Gasteiger partial charge in [-0.2, -0.15) is 4.98 Å². The van der Waals surface area contributed by atoms with E-state index >= 15 is 0 Å². The van der Waals surface area contributed by atoms with Gasteiger partial charge in [-0.1, -0.05) is 5.16 Å². The highest BCUT2D eigenvalue weighted by Crippen LogP contribution is 2.33. The number of methoxy groups -OCH3 is 2. The van der Waals surface area contributed by atoms with E-state index in [4.69, 9.17) is 18.7 Å². The van der Waals surface area contributed by atoms with Gasteiger partial charge in [0.15, 0.2) is 5.82 Å².